The van der Waals surface area contributed by atoms with Gasteiger partial charge in [0.05, 0.1) is 24.3 Å². The van der Waals surface area contributed by atoms with Crippen LogP contribution in [0.25, 0.3) is 5.76 Å². The van der Waals surface area contributed by atoms with Gasteiger partial charge in [0, 0.05) is 19.2 Å². The highest BCUT2D eigenvalue weighted by Gasteiger charge is 2.45. The molecular weight excluding hydrogens is 398 g/mol. The van der Waals surface area contributed by atoms with Crippen molar-refractivity contribution in [2.45, 2.75) is 32.9 Å². The number of nitrogens with zero attached hydrogens (tertiary/aromatic N) is 1. The summed E-state index contributed by atoms with van der Waals surface area (Å²) in [6.45, 7) is 6.12. The lowest BCUT2D eigenvalue weighted by atomic mass is 9.94. The number of rotatable bonds is 7. The molecule has 1 saturated heterocycles. The summed E-state index contributed by atoms with van der Waals surface area (Å²) in [4.78, 5) is 27.1. The topological polar surface area (TPSA) is 96.3 Å². The van der Waals surface area contributed by atoms with E-state index in [1.807, 2.05) is 20.8 Å². The molecular formula is C24H27NO6. The second-order valence-corrected chi connectivity index (χ2v) is 7.72. The zero-order chi connectivity index (χ0) is 22.7. The summed E-state index contributed by atoms with van der Waals surface area (Å²) in [7, 11) is 1.51. The average Bonchev–Trinajstić information content (AvgIpc) is 2.98. The van der Waals surface area contributed by atoms with Crippen LogP contribution in [0, 0.1) is 6.92 Å². The lowest BCUT2D eigenvalue weighted by Gasteiger charge is -2.25. The molecule has 31 heavy (non-hydrogen) atoms. The zero-order valence-electron chi connectivity index (χ0n) is 18.1. The quantitative estimate of drug-likeness (QED) is 0.400. The fourth-order valence-electron chi connectivity index (χ4n) is 3.64. The van der Waals surface area contributed by atoms with Gasteiger partial charge in [-0.05, 0) is 62.2 Å². The van der Waals surface area contributed by atoms with Crippen molar-refractivity contribution in [1.29, 1.82) is 0 Å². The number of phenolic OH excluding ortho intramolecular Hbond substituents is 1. The first-order valence-corrected chi connectivity index (χ1v) is 10.1. The molecule has 1 aliphatic heterocycles. The minimum absolute atomic E-state index is 0.00116. The number of aliphatic hydroxyl groups excluding tert-OH is 1. The van der Waals surface area contributed by atoms with Gasteiger partial charge in [-0.2, -0.15) is 0 Å². The minimum Gasteiger partial charge on any atom is -0.508 e. The molecule has 2 aromatic rings. The van der Waals surface area contributed by atoms with E-state index in [9.17, 15) is 19.8 Å². The molecule has 1 aliphatic rings. The molecule has 3 rings (SSSR count). The number of methoxy groups -OCH3 is 1. The summed E-state index contributed by atoms with van der Waals surface area (Å²) in [6.07, 6.45) is -0.00116. The standard InChI is InChI=1S/C24H27NO6/c1-14(2)31-19-10-7-17(13-15(19)3)22(27)20-21(16-5-8-18(26)9-6-16)25(11-12-30-4)24(29)23(20)28/h5-10,13-14,21,26-27H,11-12H2,1-4H3/b22-20-. The Bertz CT molecular complexity index is 1010. The number of carbonyl (C=O) groups excluding carboxylic acids is 2. The number of ether oxygens (including phenoxy) is 2. The van der Waals surface area contributed by atoms with Gasteiger partial charge in [0.2, 0.25) is 0 Å². The molecule has 2 N–H and O–H groups in total. The van der Waals surface area contributed by atoms with Crippen molar-refractivity contribution >= 4 is 17.4 Å². The van der Waals surface area contributed by atoms with Gasteiger partial charge >= 0.3 is 0 Å². The number of amides is 1. The number of hydrogen-bond acceptors (Lipinski definition) is 6. The van der Waals surface area contributed by atoms with Crippen molar-refractivity contribution in [2.75, 3.05) is 20.3 Å². The molecule has 0 aliphatic carbocycles. The van der Waals surface area contributed by atoms with E-state index in [0.29, 0.717) is 16.9 Å². The van der Waals surface area contributed by atoms with Crippen molar-refractivity contribution in [3.8, 4) is 11.5 Å². The third-order valence-electron chi connectivity index (χ3n) is 5.10. The van der Waals surface area contributed by atoms with Gasteiger partial charge in [-0.15, -0.1) is 0 Å². The van der Waals surface area contributed by atoms with Crippen molar-refractivity contribution in [3.05, 3.63) is 64.7 Å². The number of hydrogen-bond donors (Lipinski definition) is 2. The molecule has 0 aromatic heterocycles. The summed E-state index contributed by atoms with van der Waals surface area (Å²) in [5, 5.41) is 20.7. The van der Waals surface area contributed by atoms with E-state index >= 15 is 0 Å². The van der Waals surface area contributed by atoms with E-state index < -0.39 is 17.7 Å². The second kappa shape index (κ2) is 9.22. The van der Waals surface area contributed by atoms with E-state index in [4.69, 9.17) is 9.47 Å². The highest BCUT2D eigenvalue weighted by atomic mass is 16.5. The molecule has 164 valence electrons. The monoisotopic (exact) mass is 425 g/mol. The Morgan fingerprint density at radius 3 is 2.39 bits per heavy atom. The summed E-state index contributed by atoms with van der Waals surface area (Å²) < 4.78 is 10.8. The SMILES string of the molecule is COCCN1C(=O)C(=O)/C(=C(\O)c2ccc(OC(C)C)c(C)c2)C1c1ccc(O)cc1. The highest BCUT2D eigenvalue weighted by Crippen LogP contribution is 2.40. The van der Waals surface area contributed by atoms with E-state index in [1.165, 1.54) is 24.1 Å². The van der Waals surface area contributed by atoms with Crippen LogP contribution in [0.15, 0.2) is 48.0 Å². The second-order valence-electron chi connectivity index (χ2n) is 7.72. The number of aryl methyl sites for hydroxylation is 1. The Morgan fingerprint density at radius 2 is 1.81 bits per heavy atom. The van der Waals surface area contributed by atoms with Crippen molar-refractivity contribution in [3.63, 3.8) is 0 Å². The third-order valence-corrected chi connectivity index (χ3v) is 5.10. The Morgan fingerprint density at radius 1 is 1.13 bits per heavy atom. The largest absolute Gasteiger partial charge is 0.508 e. The fourth-order valence-corrected chi connectivity index (χ4v) is 3.64. The summed E-state index contributed by atoms with van der Waals surface area (Å²) >= 11 is 0. The number of ketones is 1. The van der Waals surface area contributed by atoms with Crippen LogP contribution in [-0.4, -0.2) is 53.2 Å². The molecule has 1 heterocycles. The number of Topliss-reactive ketones (excluding diaryl/α,β-unsaturated/α-hetero) is 1. The first kappa shape index (κ1) is 22.4. The predicted octanol–water partition coefficient (Wildman–Crippen LogP) is 3.56. The summed E-state index contributed by atoms with van der Waals surface area (Å²) in [6, 6.07) is 10.6. The summed E-state index contributed by atoms with van der Waals surface area (Å²) in [5.74, 6) is -0.966. The van der Waals surface area contributed by atoms with Crippen LogP contribution in [-0.2, 0) is 14.3 Å². The molecule has 0 spiro atoms. The van der Waals surface area contributed by atoms with Gasteiger partial charge in [0.25, 0.3) is 11.7 Å². The zero-order valence-corrected chi connectivity index (χ0v) is 18.1. The molecule has 0 saturated carbocycles. The molecule has 0 bridgehead atoms. The number of aliphatic hydroxyl groups is 1. The number of benzene rings is 2. The Hall–Kier alpha value is -3.32. The lowest BCUT2D eigenvalue weighted by Crippen LogP contribution is -2.32. The third kappa shape index (κ3) is 4.56. The average molecular weight is 425 g/mol. The van der Waals surface area contributed by atoms with E-state index in [2.05, 4.69) is 0 Å². The molecule has 7 heteroatoms. The van der Waals surface area contributed by atoms with Crippen LogP contribution < -0.4 is 4.74 Å². The van der Waals surface area contributed by atoms with Gasteiger partial charge in [-0.1, -0.05) is 12.1 Å². The fraction of sp³-hybridized carbons (Fsp3) is 0.333. The van der Waals surface area contributed by atoms with Crippen LogP contribution in [0.5, 0.6) is 11.5 Å². The molecule has 1 atom stereocenters. The molecule has 1 fully saturated rings. The van der Waals surface area contributed by atoms with Gasteiger partial charge in [0.1, 0.15) is 17.3 Å². The van der Waals surface area contributed by atoms with Gasteiger partial charge < -0.3 is 24.6 Å². The van der Waals surface area contributed by atoms with E-state index in [0.717, 1.165) is 5.56 Å². The Balaban J connectivity index is 2.11. The van der Waals surface area contributed by atoms with Crippen LogP contribution >= 0.6 is 0 Å². The smallest absolute Gasteiger partial charge is 0.295 e. The maximum absolute atomic E-state index is 12.9. The van der Waals surface area contributed by atoms with Gasteiger partial charge in [-0.3, -0.25) is 9.59 Å². The van der Waals surface area contributed by atoms with E-state index in [-0.39, 0.29) is 36.3 Å². The first-order chi connectivity index (χ1) is 14.7. The van der Waals surface area contributed by atoms with Gasteiger partial charge in [0.15, 0.2) is 0 Å². The highest BCUT2D eigenvalue weighted by molar-refractivity contribution is 6.46. The first-order valence-electron chi connectivity index (χ1n) is 10.1. The Kier molecular flexibility index (Phi) is 6.65. The van der Waals surface area contributed by atoms with Crippen molar-refractivity contribution in [1.82, 2.24) is 4.90 Å². The molecule has 1 amide bonds. The van der Waals surface area contributed by atoms with Crippen LogP contribution in [0.1, 0.15) is 36.6 Å². The van der Waals surface area contributed by atoms with Crippen LogP contribution in [0.2, 0.25) is 0 Å². The molecule has 0 radical (unpaired) electrons. The number of likely N-dealkylation sites (tertiary alicyclic amines) is 1. The maximum Gasteiger partial charge on any atom is 0.295 e. The maximum atomic E-state index is 12.9. The van der Waals surface area contributed by atoms with Crippen LogP contribution in [0.4, 0.5) is 0 Å². The summed E-state index contributed by atoms with van der Waals surface area (Å²) in [5.41, 5.74) is 1.82. The van der Waals surface area contributed by atoms with Crippen molar-refractivity contribution in [2.24, 2.45) is 0 Å². The number of aromatic hydroxyl groups is 1. The van der Waals surface area contributed by atoms with Crippen LogP contribution in [0.3, 0.4) is 0 Å². The minimum atomic E-state index is -0.789. The number of phenols is 1. The number of carbonyl (C=O) groups is 2. The Labute approximate surface area is 181 Å². The molecule has 7 nitrogen and oxygen atoms in total. The van der Waals surface area contributed by atoms with Gasteiger partial charge in [-0.25, -0.2) is 0 Å². The molecule has 2 aromatic carbocycles. The molecule has 1 unspecified atom stereocenters. The predicted molar refractivity (Wildman–Crippen MR) is 116 cm³/mol. The lowest BCUT2D eigenvalue weighted by molar-refractivity contribution is -0.140. The van der Waals surface area contributed by atoms with E-state index in [1.54, 1.807) is 30.3 Å². The normalized spacial score (nSPS) is 18.1. The van der Waals surface area contributed by atoms with Crippen molar-refractivity contribution < 1.29 is 29.3 Å².